The van der Waals surface area contributed by atoms with Crippen molar-refractivity contribution in [2.75, 3.05) is 63.5 Å². The fraction of sp³-hybridized carbons (Fsp3) is 1.00. The van der Waals surface area contributed by atoms with Crippen molar-refractivity contribution < 1.29 is 24.4 Å². The fourth-order valence-electron chi connectivity index (χ4n) is 1.41. The number of aliphatic hydroxyl groups is 2. The van der Waals surface area contributed by atoms with Crippen LogP contribution >= 0.6 is 31.9 Å². The van der Waals surface area contributed by atoms with Crippen LogP contribution in [0.3, 0.4) is 0 Å². The molecule has 0 aliphatic rings. The zero-order valence-electron chi connectivity index (χ0n) is 16.2. The maximum Gasteiger partial charge on any atom is 0.0701 e. The highest BCUT2D eigenvalue weighted by Gasteiger charge is 1.89. The highest BCUT2D eigenvalue weighted by Crippen LogP contribution is 1.95. The molecule has 0 atom stereocenters. The van der Waals surface area contributed by atoms with Gasteiger partial charge in [0.05, 0.1) is 46.2 Å². The van der Waals surface area contributed by atoms with Crippen LogP contribution in [0.1, 0.15) is 52.4 Å². The normalized spacial score (nSPS) is 9.84. The average molecular weight is 496 g/mol. The molecule has 0 aliphatic heterocycles. The summed E-state index contributed by atoms with van der Waals surface area (Å²) < 4.78 is 15.1. The molecule has 156 valence electrons. The second-order valence-corrected chi connectivity index (χ2v) is 6.66. The second-order valence-electron chi connectivity index (χ2n) is 5.08. The molecular formula is C18H40Br2O5. The van der Waals surface area contributed by atoms with Crippen molar-refractivity contribution >= 4 is 31.9 Å². The van der Waals surface area contributed by atoms with Crippen molar-refractivity contribution in [1.29, 1.82) is 0 Å². The van der Waals surface area contributed by atoms with E-state index in [0.29, 0.717) is 33.0 Å². The fourth-order valence-corrected chi connectivity index (χ4v) is 2.03. The van der Waals surface area contributed by atoms with Gasteiger partial charge in [0.2, 0.25) is 0 Å². The molecule has 0 amide bonds. The highest BCUT2D eigenvalue weighted by molar-refractivity contribution is 9.09. The summed E-state index contributed by atoms with van der Waals surface area (Å²) in [5.41, 5.74) is 0. The van der Waals surface area contributed by atoms with Gasteiger partial charge in [-0.3, -0.25) is 0 Å². The molecule has 0 rings (SSSR count). The van der Waals surface area contributed by atoms with Gasteiger partial charge in [0, 0.05) is 17.3 Å². The van der Waals surface area contributed by atoms with Crippen molar-refractivity contribution in [2.45, 2.75) is 52.4 Å². The number of rotatable bonds is 16. The third-order valence-electron chi connectivity index (χ3n) is 2.69. The molecule has 0 saturated heterocycles. The van der Waals surface area contributed by atoms with E-state index < -0.39 is 0 Å². The van der Waals surface area contributed by atoms with Crippen molar-refractivity contribution in [2.24, 2.45) is 0 Å². The summed E-state index contributed by atoms with van der Waals surface area (Å²) >= 11 is 6.52. The van der Waals surface area contributed by atoms with E-state index in [1.165, 1.54) is 37.4 Å². The standard InChI is InChI=1S/C9H20O3.C5H11Br.C4H9BrO2/c1-2-3-4-6-11-8-9-12-7-5-10;1-2-3-4-5-6;5-1-3-7-4-2-6/h10H,2-9H2,1H3;2-5H2,1H3;6H,1-4H2. The smallest absolute Gasteiger partial charge is 0.0701 e. The van der Waals surface area contributed by atoms with Gasteiger partial charge in [-0.1, -0.05) is 71.4 Å². The maximum absolute atomic E-state index is 8.37. The summed E-state index contributed by atoms with van der Waals surface area (Å²) in [4.78, 5) is 0. The van der Waals surface area contributed by atoms with E-state index in [0.717, 1.165) is 18.4 Å². The first kappa shape index (κ1) is 30.5. The number of ether oxygens (including phenoxy) is 3. The van der Waals surface area contributed by atoms with Gasteiger partial charge in [-0.15, -0.1) is 0 Å². The third-order valence-corrected chi connectivity index (χ3v) is 3.58. The Hall–Kier alpha value is 0.760. The van der Waals surface area contributed by atoms with E-state index in [9.17, 15) is 0 Å². The summed E-state index contributed by atoms with van der Waals surface area (Å²) in [6.07, 6.45) is 7.62. The Morgan fingerprint density at radius 3 is 1.44 bits per heavy atom. The molecule has 25 heavy (non-hydrogen) atoms. The summed E-state index contributed by atoms with van der Waals surface area (Å²) in [5.74, 6) is 0. The molecule has 0 radical (unpaired) electrons. The molecule has 2 N–H and O–H groups in total. The molecule has 7 heteroatoms. The van der Waals surface area contributed by atoms with E-state index in [-0.39, 0.29) is 13.2 Å². The van der Waals surface area contributed by atoms with Crippen LogP contribution < -0.4 is 0 Å². The zero-order valence-corrected chi connectivity index (χ0v) is 19.4. The van der Waals surface area contributed by atoms with Crippen LogP contribution in [-0.4, -0.2) is 73.7 Å². The minimum absolute atomic E-state index is 0.0931. The number of alkyl halides is 2. The first-order chi connectivity index (χ1) is 12.2. The SMILES string of the molecule is CCCCCBr.CCCCCOCCOCCO.OCCOCCBr. The van der Waals surface area contributed by atoms with Gasteiger partial charge >= 0.3 is 0 Å². The molecule has 0 unspecified atom stereocenters. The molecule has 5 nitrogen and oxygen atoms in total. The van der Waals surface area contributed by atoms with Gasteiger partial charge in [-0.05, 0) is 12.8 Å². The molecule has 0 heterocycles. The summed E-state index contributed by atoms with van der Waals surface area (Å²) in [7, 11) is 0. The van der Waals surface area contributed by atoms with Crippen LogP contribution in [0.15, 0.2) is 0 Å². The van der Waals surface area contributed by atoms with E-state index >= 15 is 0 Å². The molecule has 0 bridgehead atoms. The Bertz CT molecular complexity index is 171. The lowest BCUT2D eigenvalue weighted by atomic mass is 10.3. The molecule has 0 saturated carbocycles. The number of halogens is 2. The zero-order chi connectivity index (χ0) is 19.4. The Balaban J connectivity index is -0.000000317. The molecule has 0 spiro atoms. The van der Waals surface area contributed by atoms with Crippen molar-refractivity contribution in [3.05, 3.63) is 0 Å². The Morgan fingerprint density at radius 2 is 1.04 bits per heavy atom. The minimum atomic E-state index is 0.0931. The van der Waals surface area contributed by atoms with Crippen LogP contribution in [0.25, 0.3) is 0 Å². The van der Waals surface area contributed by atoms with Crippen molar-refractivity contribution in [1.82, 2.24) is 0 Å². The molecule has 0 aromatic heterocycles. The van der Waals surface area contributed by atoms with E-state index in [2.05, 4.69) is 45.7 Å². The van der Waals surface area contributed by atoms with Crippen LogP contribution in [-0.2, 0) is 14.2 Å². The van der Waals surface area contributed by atoms with Gasteiger partial charge in [-0.25, -0.2) is 0 Å². The van der Waals surface area contributed by atoms with Crippen molar-refractivity contribution in [3.63, 3.8) is 0 Å². The quantitative estimate of drug-likeness (QED) is 0.248. The first-order valence-corrected chi connectivity index (χ1v) is 11.6. The Labute approximate surface area is 172 Å². The topological polar surface area (TPSA) is 68.2 Å². The predicted octanol–water partition coefficient (Wildman–Crippen LogP) is 4.16. The largest absolute Gasteiger partial charge is 0.394 e. The van der Waals surface area contributed by atoms with Gasteiger partial charge < -0.3 is 24.4 Å². The average Bonchev–Trinajstić information content (AvgIpc) is 2.64. The van der Waals surface area contributed by atoms with Crippen molar-refractivity contribution in [3.8, 4) is 0 Å². The van der Waals surface area contributed by atoms with Crippen LogP contribution in [0.5, 0.6) is 0 Å². The third kappa shape index (κ3) is 45.7. The van der Waals surface area contributed by atoms with Gasteiger partial charge in [0.25, 0.3) is 0 Å². The number of unbranched alkanes of at least 4 members (excludes halogenated alkanes) is 4. The number of hydrogen-bond acceptors (Lipinski definition) is 5. The molecule has 0 fully saturated rings. The Morgan fingerprint density at radius 1 is 0.560 bits per heavy atom. The first-order valence-electron chi connectivity index (χ1n) is 9.31. The lowest BCUT2D eigenvalue weighted by Crippen LogP contribution is -2.07. The van der Waals surface area contributed by atoms with E-state index in [1.807, 2.05) is 0 Å². The lowest BCUT2D eigenvalue weighted by Gasteiger charge is -2.03. The van der Waals surface area contributed by atoms with Crippen LogP contribution in [0, 0.1) is 0 Å². The van der Waals surface area contributed by atoms with E-state index in [4.69, 9.17) is 24.4 Å². The lowest BCUT2D eigenvalue weighted by molar-refractivity contribution is 0.0321. The number of hydrogen-bond donors (Lipinski definition) is 2. The van der Waals surface area contributed by atoms with Gasteiger partial charge in [-0.2, -0.15) is 0 Å². The highest BCUT2D eigenvalue weighted by atomic mass is 79.9. The van der Waals surface area contributed by atoms with Crippen LogP contribution in [0.2, 0.25) is 0 Å². The monoisotopic (exact) mass is 494 g/mol. The summed E-state index contributed by atoms with van der Waals surface area (Å²) in [5, 5.41) is 18.5. The van der Waals surface area contributed by atoms with Gasteiger partial charge in [0.15, 0.2) is 0 Å². The van der Waals surface area contributed by atoms with E-state index in [1.54, 1.807) is 0 Å². The van der Waals surface area contributed by atoms with Gasteiger partial charge in [0.1, 0.15) is 0 Å². The predicted molar refractivity (Wildman–Crippen MR) is 113 cm³/mol. The van der Waals surface area contributed by atoms with Crippen LogP contribution in [0.4, 0.5) is 0 Å². The maximum atomic E-state index is 8.37. The molecule has 0 aliphatic carbocycles. The molecule has 0 aromatic carbocycles. The molecule has 0 aromatic rings. The summed E-state index contributed by atoms with van der Waals surface area (Å²) in [6, 6.07) is 0. The number of aliphatic hydroxyl groups excluding tert-OH is 2. The Kier molecular flexibility index (Phi) is 43.7. The minimum Gasteiger partial charge on any atom is -0.394 e. The second kappa shape index (κ2) is 35.8. The molecular weight excluding hydrogens is 456 g/mol. The summed E-state index contributed by atoms with van der Waals surface area (Å²) in [6.45, 7) is 8.20.